The molecule has 1 aromatic heterocycles. The number of anilines is 1. The number of pyridine rings is 1. The van der Waals surface area contributed by atoms with Crippen LogP contribution in [-0.2, 0) is 19.4 Å². The van der Waals surface area contributed by atoms with Crippen molar-refractivity contribution in [3.63, 3.8) is 0 Å². The number of nitrogens with two attached hydrogens (primary N) is 1. The number of aryl methyl sites for hydroxylation is 2. The Hall–Kier alpha value is -1.09. The molecule has 0 radical (unpaired) electrons. The zero-order chi connectivity index (χ0) is 13.9. The maximum absolute atomic E-state index is 5.98. The topological polar surface area (TPSA) is 42.2 Å². The standard InChI is InChI=1S/C17H27N3/c1-2-13-5-4-9-20(10-8-13)17-15(12-18)11-14-6-3-7-16(14)19-17/h11,13H,2-10,12,18H2,1H3. The smallest absolute Gasteiger partial charge is 0.133 e. The maximum atomic E-state index is 5.98. The molecule has 2 aliphatic rings. The molecular formula is C17H27N3. The van der Waals surface area contributed by atoms with Crippen molar-refractivity contribution in [2.24, 2.45) is 11.7 Å². The molecular weight excluding hydrogens is 246 g/mol. The Balaban J connectivity index is 1.85. The first-order valence-corrected chi connectivity index (χ1v) is 8.28. The van der Waals surface area contributed by atoms with E-state index in [1.807, 2.05) is 0 Å². The summed E-state index contributed by atoms with van der Waals surface area (Å²) in [4.78, 5) is 7.48. The predicted octanol–water partition coefficient (Wildman–Crippen LogP) is 3.05. The highest BCUT2D eigenvalue weighted by Crippen LogP contribution is 2.30. The Kier molecular flexibility index (Phi) is 4.25. The number of nitrogens with zero attached hydrogens (tertiary/aromatic N) is 2. The zero-order valence-corrected chi connectivity index (χ0v) is 12.7. The molecule has 0 spiro atoms. The van der Waals surface area contributed by atoms with Crippen molar-refractivity contribution >= 4 is 5.82 Å². The van der Waals surface area contributed by atoms with Crippen molar-refractivity contribution in [3.05, 3.63) is 22.9 Å². The van der Waals surface area contributed by atoms with Crippen molar-refractivity contribution in [2.45, 2.75) is 58.4 Å². The highest BCUT2D eigenvalue weighted by atomic mass is 15.2. The molecule has 1 aliphatic heterocycles. The van der Waals surface area contributed by atoms with Gasteiger partial charge in [0.2, 0.25) is 0 Å². The van der Waals surface area contributed by atoms with Gasteiger partial charge in [0.1, 0.15) is 5.82 Å². The van der Waals surface area contributed by atoms with Crippen molar-refractivity contribution in [2.75, 3.05) is 18.0 Å². The summed E-state index contributed by atoms with van der Waals surface area (Å²) in [5, 5.41) is 0. The van der Waals surface area contributed by atoms with Crippen LogP contribution in [0.25, 0.3) is 0 Å². The lowest BCUT2D eigenvalue weighted by Crippen LogP contribution is -2.27. The lowest BCUT2D eigenvalue weighted by atomic mass is 9.98. The second kappa shape index (κ2) is 6.13. The van der Waals surface area contributed by atoms with Gasteiger partial charge in [-0.3, -0.25) is 0 Å². The Morgan fingerprint density at radius 3 is 2.95 bits per heavy atom. The molecule has 3 rings (SSSR count). The van der Waals surface area contributed by atoms with Crippen LogP contribution in [0.4, 0.5) is 5.82 Å². The van der Waals surface area contributed by atoms with E-state index in [0.29, 0.717) is 6.54 Å². The quantitative estimate of drug-likeness (QED) is 0.920. The van der Waals surface area contributed by atoms with E-state index in [9.17, 15) is 0 Å². The van der Waals surface area contributed by atoms with E-state index in [-0.39, 0.29) is 0 Å². The summed E-state index contributed by atoms with van der Waals surface area (Å²) in [5.74, 6) is 2.08. The van der Waals surface area contributed by atoms with Crippen LogP contribution in [0.2, 0.25) is 0 Å². The molecule has 0 amide bonds. The molecule has 0 bridgehead atoms. The van der Waals surface area contributed by atoms with Gasteiger partial charge in [0.15, 0.2) is 0 Å². The number of hydrogen-bond acceptors (Lipinski definition) is 3. The summed E-state index contributed by atoms with van der Waals surface area (Å²) in [6.45, 7) is 5.23. The van der Waals surface area contributed by atoms with Gasteiger partial charge in [0, 0.05) is 30.9 Å². The van der Waals surface area contributed by atoms with Gasteiger partial charge >= 0.3 is 0 Å². The minimum absolute atomic E-state index is 0.614. The number of fused-ring (bicyclic) bond motifs is 1. The Morgan fingerprint density at radius 2 is 2.15 bits per heavy atom. The minimum Gasteiger partial charge on any atom is -0.356 e. The van der Waals surface area contributed by atoms with E-state index >= 15 is 0 Å². The van der Waals surface area contributed by atoms with Gasteiger partial charge in [-0.1, -0.05) is 13.3 Å². The van der Waals surface area contributed by atoms with Gasteiger partial charge in [-0.2, -0.15) is 0 Å². The largest absolute Gasteiger partial charge is 0.356 e. The van der Waals surface area contributed by atoms with Crippen LogP contribution < -0.4 is 10.6 Å². The molecule has 1 aromatic rings. The SMILES string of the molecule is CCC1CCCN(c2nc3c(cc2CN)CCC3)CC1. The summed E-state index contributed by atoms with van der Waals surface area (Å²) >= 11 is 0. The molecule has 1 saturated heterocycles. The molecule has 3 nitrogen and oxygen atoms in total. The van der Waals surface area contributed by atoms with Gasteiger partial charge in [0.05, 0.1) is 0 Å². The summed E-state index contributed by atoms with van der Waals surface area (Å²) in [6.07, 6.45) is 8.88. The van der Waals surface area contributed by atoms with Gasteiger partial charge in [-0.05, 0) is 56.1 Å². The second-order valence-corrected chi connectivity index (χ2v) is 6.33. The van der Waals surface area contributed by atoms with Gasteiger partial charge in [-0.25, -0.2) is 4.98 Å². The molecule has 2 N–H and O–H groups in total. The lowest BCUT2D eigenvalue weighted by Gasteiger charge is -2.25. The summed E-state index contributed by atoms with van der Waals surface area (Å²) in [6, 6.07) is 2.33. The number of rotatable bonds is 3. The van der Waals surface area contributed by atoms with Gasteiger partial charge in [0.25, 0.3) is 0 Å². The summed E-state index contributed by atoms with van der Waals surface area (Å²) in [5.41, 5.74) is 10.00. The molecule has 0 saturated carbocycles. The fourth-order valence-electron chi connectivity index (χ4n) is 3.72. The van der Waals surface area contributed by atoms with Crippen molar-refractivity contribution in [1.82, 2.24) is 4.98 Å². The van der Waals surface area contributed by atoms with E-state index in [1.165, 1.54) is 61.2 Å². The van der Waals surface area contributed by atoms with Gasteiger partial charge < -0.3 is 10.6 Å². The first-order chi connectivity index (χ1) is 9.81. The fourth-order valence-corrected chi connectivity index (χ4v) is 3.72. The molecule has 1 unspecified atom stereocenters. The summed E-state index contributed by atoms with van der Waals surface area (Å²) < 4.78 is 0. The maximum Gasteiger partial charge on any atom is 0.133 e. The molecule has 1 fully saturated rings. The normalized spacial score (nSPS) is 22.7. The number of aromatic nitrogens is 1. The van der Waals surface area contributed by atoms with Crippen molar-refractivity contribution in [3.8, 4) is 0 Å². The molecule has 20 heavy (non-hydrogen) atoms. The van der Waals surface area contributed by atoms with Crippen LogP contribution in [-0.4, -0.2) is 18.1 Å². The third kappa shape index (κ3) is 2.69. The first-order valence-electron chi connectivity index (χ1n) is 8.28. The highest BCUT2D eigenvalue weighted by molar-refractivity contribution is 5.51. The van der Waals surface area contributed by atoms with Crippen LogP contribution >= 0.6 is 0 Å². The second-order valence-electron chi connectivity index (χ2n) is 6.33. The summed E-state index contributed by atoms with van der Waals surface area (Å²) in [7, 11) is 0. The van der Waals surface area contributed by atoms with E-state index < -0.39 is 0 Å². The van der Waals surface area contributed by atoms with E-state index in [2.05, 4.69) is 17.9 Å². The number of hydrogen-bond donors (Lipinski definition) is 1. The van der Waals surface area contributed by atoms with Crippen molar-refractivity contribution in [1.29, 1.82) is 0 Å². The average Bonchev–Trinajstić information content (AvgIpc) is 2.80. The third-order valence-electron chi connectivity index (χ3n) is 5.05. The molecule has 0 aromatic carbocycles. The molecule has 1 atom stereocenters. The lowest BCUT2D eigenvalue weighted by molar-refractivity contribution is 0.459. The highest BCUT2D eigenvalue weighted by Gasteiger charge is 2.22. The van der Waals surface area contributed by atoms with Gasteiger partial charge in [-0.15, -0.1) is 0 Å². The van der Waals surface area contributed by atoms with Crippen LogP contribution in [0.15, 0.2) is 6.07 Å². The predicted molar refractivity (Wildman–Crippen MR) is 84.0 cm³/mol. The van der Waals surface area contributed by atoms with Crippen molar-refractivity contribution < 1.29 is 0 Å². The zero-order valence-electron chi connectivity index (χ0n) is 12.7. The van der Waals surface area contributed by atoms with E-state index in [1.54, 1.807) is 0 Å². The minimum atomic E-state index is 0.614. The fraction of sp³-hybridized carbons (Fsp3) is 0.706. The molecule has 2 heterocycles. The Morgan fingerprint density at radius 1 is 1.25 bits per heavy atom. The van der Waals surface area contributed by atoms with Crippen LogP contribution in [0.5, 0.6) is 0 Å². The van der Waals surface area contributed by atoms with E-state index in [4.69, 9.17) is 10.7 Å². The van der Waals surface area contributed by atoms with Crippen LogP contribution in [0.1, 0.15) is 55.8 Å². The third-order valence-corrected chi connectivity index (χ3v) is 5.05. The molecule has 110 valence electrons. The first kappa shape index (κ1) is 13.9. The van der Waals surface area contributed by atoms with E-state index in [0.717, 1.165) is 25.4 Å². The van der Waals surface area contributed by atoms with Crippen LogP contribution in [0.3, 0.4) is 0 Å². The average molecular weight is 273 g/mol. The monoisotopic (exact) mass is 273 g/mol. The Labute approximate surface area is 122 Å². The molecule has 3 heteroatoms. The molecule has 1 aliphatic carbocycles. The van der Waals surface area contributed by atoms with Crippen LogP contribution in [0, 0.1) is 5.92 Å². The Bertz CT molecular complexity index is 470.